The van der Waals surface area contributed by atoms with Gasteiger partial charge < -0.3 is 9.30 Å². The molecular weight excluding hydrogens is 307 g/mol. The first-order chi connectivity index (χ1) is 11.1. The van der Waals surface area contributed by atoms with Crippen molar-refractivity contribution < 1.29 is 14.1 Å². The first-order valence-corrected chi connectivity index (χ1v) is 10.7. The van der Waals surface area contributed by atoms with Crippen molar-refractivity contribution in [3.63, 3.8) is 0 Å². The third-order valence-corrected chi connectivity index (χ3v) is 5.99. The summed E-state index contributed by atoms with van der Waals surface area (Å²) in [5.41, 5.74) is 0. The lowest BCUT2D eigenvalue weighted by Gasteiger charge is -2.07. The van der Waals surface area contributed by atoms with Crippen LogP contribution in [-0.2, 0) is 14.1 Å². The average molecular weight is 336 g/mol. The summed E-state index contributed by atoms with van der Waals surface area (Å²) in [7, 11) is -0.919. The fourth-order valence-electron chi connectivity index (χ4n) is 2.43. The number of benzene rings is 1. The topological polar surface area (TPSA) is 43.4 Å². The van der Waals surface area contributed by atoms with E-state index in [-0.39, 0.29) is 5.97 Å². The molecule has 1 aromatic carbocycles. The molecule has 0 radical (unpaired) electrons. The predicted octanol–water partition coefficient (Wildman–Crippen LogP) is 5.11. The van der Waals surface area contributed by atoms with Gasteiger partial charge in [-0.15, -0.1) is 0 Å². The van der Waals surface area contributed by atoms with E-state index < -0.39 is 7.14 Å². The Morgan fingerprint density at radius 3 is 2.30 bits per heavy atom. The molecule has 1 rings (SSSR count). The molecule has 0 spiro atoms. The van der Waals surface area contributed by atoms with Crippen molar-refractivity contribution in [2.24, 2.45) is 0 Å². The molecule has 0 aliphatic rings. The molecule has 1 aromatic rings. The van der Waals surface area contributed by atoms with Crippen LogP contribution < -0.4 is 5.30 Å². The van der Waals surface area contributed by atoms with Gasteiger partial charge in [0, 0.05) is 11.7 Å². The van der Waals surface area contributed by atoms with Gasteiger partial charge in [-0.05, 0) is 31.7 Å². The molecule has 0 N–H and O–H groups in total. The van der Waals surface area contributed by atoms with Gasteiger partial charge in [0.05, 0.1) is 7.11 Å². The van der Waals surface area contributed by atoms with Crippen LogP contribution in [0.1, 0.15) is 51.4 Å². The third kappa shape index (κ3) is 8.76. The number of hydrogen-bond donors (Lipinski definition) is 0. The van der Waals surface area contributed by atoms with E-state index in [4.69, 9.17) is 0 Å². The number of unbranched alkanes of at least 4 members (excludes halogenated alkanes) is 6. The molecule has 0 aromatic heterocycles. The maximum atomic E-state index is 12.6. The summed E-state index contributed by atoms with van der Waals surface area (Å²) in [5, 5.41) is 0.918. The van der Waals surface area contributed by atoms with E-state index in [1.807, 2.05) is 42.8 Å². The molecule has 0 unspecified atom stereocenters. The maximum Gasteiger partial charge on any atom is 0.305 e. The van der Waals surface area contributed by atoms with Crippen molar-refractivity contribution >= 4 is 18.4 Å². The van der Waals surface area contributed by atoms with Crippen LogP contribution >= 0.6 is 7.14 Å². The van der Waals surface area contributed by atoms with Gasteiger partial charge in [0.25, 0.3) is 0 Å². The minimum absolute atomic E-state index is 0.113. The highest BCUT2D eigenvalue weighted by atomic mass is 31.2. The average Bonchev–Trinajstić information content (AvgIpc) is 2.57. The molecule has 0 heterocycles. The molecule has 23 heavy (non-hydrogen) atoms. The van der Waals surface area contributed by atoms with E-state index in [0.29, 0.717) is 6.42 Å². The van der Waals surface area contributed by atoms with Crippen molar-refractivity contribution in [1.29, 1.82) is 0 Å². The molecule has 0 aliphatic heterocycles. The van der Waals surface area contributed by atoms with Gasteiger partial charge >= 0.3 is 5.97 Å². The van der Waals surface area contributed by atoms with E-state index in [1.165, 1.54) is 20.0 Å². The van der Waals surface area contributed by atoms with Crippen LogP contribution in [0.15, 0.2) is 42.2 Å². The molecule has 128 valence electrons. The number of carbonyl (C=O) groups excluding carboxylic acids is 1. The first-order valence-electron chi connectivity index (χ1n) is 8.43. The highest BCUT2D eigenvalue weighted by Gasteiger charge is 2.12. The van der Waals surface area contributed by atoms with Gasteiger partial charge in [0.1, 0.15) is 7.14 Å². The number of ether oxygens (including phenoxy) is 1. The first kappa shape index (κ1) is 19.7. The largest absolute Gasteiger partial charge is 0.469 e. The summed E-state index contributed by atoms with van der Waals surface area (Å²) in [5.74, 6) is 1.77. The van der Waals surface area contributed by atoms with Crippen LogP contribution in [0, 0.1) is 0 Å². The summed E-state index contributed by atoms with van der Waals surface area (Å²) in [4.78, 5) is 10.9. The molecule has 4 heteroatoms. The smallest absolute Gasteiger partial charge is 0.305 e. The Morgan fingerprint density at radius 1 is 1.04 bits per heavy atom. The van der Waals surface area contributed by atoms with Gasteiger partial charge in [-0.25, -0.2) is 0 Å². The minimum atomic E-state index is -2.35. The maximum absolute atomic E-state index is 12.6. The normalized spacial score (nSPS) is 13.8. The lowest BCUT2D eigenvalue weighted by Crippen LogP contribution is -1.99. The lowest BCUT2D eigenvalue weighted by atomic mass is 10.1. The SMILES string of the molecule is COC(=O)CCCCCCCC/C=C/[P@](C)(=O)c1ccccc1. The van der Waals surface area contributed by atoms with Gasteiger partial charge in [-0.3, -0.25) is 4.79 Å². The molecule has 3 nitrogen and oxygen atoms in total. The zero-order valence-electron chi connectivity index (χ0n) is 14.4. The number of hydrogen-bond acceptors (Lipinski definition) is 3. The number of methoxy groups -OCH3 is 1. The molecule has 0 bridgehead atoms. The molecular formula is C19H29O3P. The monoisotopic (exact) mass is 336 g/mol. The summed E-state index contributed by atoms with van der Waals surface area (Å²) < 4.78 is 17.2. The summed E-state index contributed by atoms with van der Waals surface area (Å²) in [6.45, 7) is 1.82. The minimum Gasteiger partial charge on any atom is -0.469 e. The summed E-state index contributed by atoms with van der Waals surface area (Å²) >= 11 is 0. The fraction of sp³-hybridized carbons (Fsp3) is 0.526. The Balaban J connectivity index is 2.09. The van der Waals surface area contributed by atoms with Gasteiger partial charge in [-0.1, -0.05) is 62.1 Å². The van der Waals surface area contributed by atoms with Crippen LogP contribution in [-0.4, -0.2) is 19.7 Å². The second-order valence-corrected chi connectivity index (χ2v) is 8.74. The van der Waals surface area contributed by atoms with Crippen molar-refractivity contribution in [3.8, 4) is 0 Å². The zero-order chi connectivity index (χ0) is 17.0. The molecule has 0 aliphatic carbocycles. The van der Waals surface area contributed by atoms with E-state index >= 15 is 0 Å². The van der Waals surface area contributed by atoms with Gasteiger partial charge in [0.15, 0.2) is 0 Å². The van der Waals surface area contributed by atoms with Crippen LogP contribution in [0.3, 0.4) is 0 Å². The molecule has 0 fully saturated rings. The number of rotatable bonds is 11. The third-order valence-electron chi connectivity index (χ3n) is 3.89. The highest BCUT2D eigenvalue weighted by molar-refractivity contribution is 7.73. The lowest BCUT2D eigenvalue weighted by molar-refractivity contribution is -0.140. The number of esters is 1. The molecule has 1 atom stereocenters. The van der Waals surface area contributed by atoms with Crippen molar-refractivity contribution in [3.05, 3.63) is 42.2 Å². The Morgan fingerprint density at radius 2 is 1.65 bits per heavy atom. The van der Waals surface area contributed by atoms with E-state index in [9.17, 15) is 9.36 Å². The second-order valence-electron chi connectivity index (χ2n) is 5.95. The van der Waals surface area contributed by atoms with E-state index in [0.717, 1.165) is 37.4 Å². The standard InChI is InChI=1S/C19H29O3P/c1-22-19(20)16-12-7-5-3-4-6-8-13-17-23(2,21)18-14-10-9-11-15-18/h9-11,13-15,17H,3-8,12,16H2,1-2H3/b17-13+/t23-/m0/s1. The zero-order valence-corrected chi connectivity index (χ0v) is 15.3. The second kappa shape index (κ2) is 11.2. The van der Waals surface area contributed by atoms with Crippen molar-refractivity contribution in [2.75, 3.05) is 13.8 Å². The quantitative estimate of drug-likeness (QED) is 0.320. The Bertz CT molecular complexity index is 523. The van der Waals surface area contributed by atoms with Crippen LogP contribution in [0.4, 0.5) is 0 Å². The number of allylic oxidation sites excluding steroid dienone is 1. The van der Waals surface area contributed by atoms with E-state index in [2.05, 4.69) is 10.8 Å². The van der Waals surface area contributed by atoms with Crippen LogP contribution in [0.25, 0.3) is 0 Å². The van der Waals surface area contributed by atoms with Crippen molar-refractivity contribution in [2.45, 2.75) is 51.4 Å². The molecule has 0 saturated carbocycles. The van der Waals surface area contributed by atoms with E-state index in [1.54, 1.807) is 0 Å². The number of carbonyl (C=O) groups is 1. The Hall–Kier alpha value is -1.34. The van der Waals surface area contributed by atoms with Crippen LogP contribution in [0.5, 0.6) is 0 Å². The van der Waals surface area contributed by atoms with Crippen LogP contribution in [0.2, 0.25) is 0 Å². The summed E-state index contributed by atoms with van der Waals surface area (Å²) in [6, 6.07) is 9.66. The highest BCUT2D eigenvalue weighted by Crippen LogP contribution is 2.41. The Labute approximate surface area is 140 Å². The van der Waals surface area contributed by atoms with Gasteiger partial charge in [0.2, 0.25) is 0 Å². The summed E-state index contributed by atoms with van der Waals surface area (Å²) in [6.07, 6.45) is 10.2. The Kier molecular flexibility index (Phi) is 9.63. The van der Waals surface area contributed by atoms with Gasteiger partial charge in [-0.2, -0.15) is 0 Å². The fourth-order valence-corrected chi connectivity index (χ4v) is 3.91. The molecule has 0 saturated heterocycles. The molecule has 0 amide bonds. The predicted molar refractivity (Wildman–Crippen MR) is 97.7 cm³/mol. The van der Waals surface area contributed by atoms with Crippen molar-refractivity contribution in [1.82, 2.24) is 0 Å².